The number of nitrogens with zero attached hydrogens (tertiary/aromatic N) is 2. The number of amides is 2. The first-order chi connectivity index (χ1) is 12.3. The highest BCUT2D eigenvalue weighted by Gasteiger charge is 2.35. The number of carboxylic acids is 1. The Bertz CT molecular complexity index is 632. The molecule has 2 N–H and O–H groups in total. The third-order valence-corrected chi connectivity index (χ3v) is 5.06. The first-order valence-corrected chi connectivity index (χ1v) is 9.45. The molecule has 6 nitrogen and oxygen atoms in total. The van der Waals surface area contributed by atoms with Crippen molar-refractivity contribution in [1.29, 1.82) is 0 Å². The smallest absolute Gasteiger partial charge is 0.318 e. The minimum atomic E-state index is -0.813. The molecule has 1 aliphatic carbocycles. The second kappa shape index (κ2) is 9.24. The monoisotopic (exact) mass is 381 g/mol. The molecule has 2 rings (SSSR count). The van der Waals surface area contributed by atoms with Gasteiger partial charge in [0.25, 0.3) is 0 Å². The van der Waals surface area contributed by atoms with E-state index in [4.69, 9.17) is 16.7 Å². The van der Waals surface area contributed by atoms with E-state index in [1.54, 1.807) is 4.90 Å². The molecule has 0 radical (unpaired) electrons. The molecule has 1 fully saturated rings. The average Bonchev–Trinajstić information content (AvgIpc) is 2.53. The van der Waals surface area contributed by atoms with Gasteiger partial charge >= 0.3 is 12.0 Å². The van der Waals surface area contributed by atoms with Crippen LogP contribution < -0.4 is 5.32 Å². The Morgan fingerprint density at radius 3 is 2.58 bits per heavy atom. The van der Waals surface area contributed by atoms with Crippen molar-refractivity contribution in [3.63, 3.8) is 0 Å². The van der Waals surface area contributed by atoms with Crippen molar-refractivity contribution in [2.24, 2.45) is 0 Å². The number of rotatable bonds is 8. The Hall–Kier alpha value is -1.79. The topological polar surface area (TPSA) is 72.9 Å². The molecule has 0 bridgehead atoms. The second-order valence-electron chi connectivity index (χ2n) is 7.08. The van der Waals surface area contributed by atoms with Crippen molar-refractivity contribution in [2.75, 3.05) is 13.1 Å². The quantitative estimate of drug-likeness (QED) is 0.725. The van der Waals surface area contributed by atoms with Gasteiger partial charge in [-0.1, -0.05) is 30.7 Å². The first kappa shape index (κ1) is 20.5. The Morgan fingerprint density at radius 2 is 2.04 bits per heavy atom. The van der Waals surface area contributed by atoms with E-state index in [-0.39, 0.29) is 30.7 Å². The minimum absolute atomic E-state index is 0.0503. The molecular weight excluding hydrogens is 354 g/mol. The zero-order chi connectivity index (χ0) is 19.3. The molecule has 1 aliphatic rings. The highest BCUT2D eigenvalue weighted by Crippen LogP contribution is 2.26. The van der Waals surface area contributed by atoms with E-state index >= 15 is 0 Å². The van der Waals surface area contributed by atoms with Crippen molar-refractivity contribution in [3.8, 4) is 0 Å². The van der Waals surface area contributed by atoms with Gasteiger partial charge in [0.05, 0.1) is 6.54 Å². The predicted octanol–water partition coefficient (Wildman–Crippen LogP) is 3.20. The molecule has 26 heavy (non-hydrogen) atoms. The number of carbonyl (C=O) groups is 2. The van der Waals surface area contributed by atoms with E-state index in [0.29, 0.717) is 18.1 Å². The summed E-state index contributed by atoms with van der Waals surface area (Å²) in [7, 11) is 0. The molecule has 0 heterocycles. The summed E-state index contributed by atoms with van der Waals surface area (Å²) >= 11 is 6.03. The first-order valence-electron chi connectivity index (χ1n) is 9.07. The summed E-state index contributed by atoms with van der Waals surface area (Å²) in [6, 6.07) is 7.81. The standard InChI is InChI=1S/C19H28ClN3O3/c1-4-22(12-18(24)25)17-9-16(10-17)21-19(26)23(13(2)3)11-14-6-5-7-15(20)8-14/h5-8,13,16-17H,4,9-12H2,1-3H3,(H,21,26)(H,24,25). The molecule has 2 amide bonds. The molecule has 7 heteroatoms. The van der Waals surface area contributed by atoms with Gasteiger partial charge in [0.15, 0.2) is 0 Å². The summed E-state index contributed by atoms with van der Waals surface area (Å²) in [4.78, 5) is 27.3. The number of nitrogens with one attached hydrogen (secondary N) is 1. The zero-order valence-corrected chi connectivity index (χ0v) is 16.4. The van der Waals surface area contributed by atoms with Crippen LogP contribution in [0.4, 0.5) is 4.79 Å². The number of carboxylic acid groups (broad SMARTS) is 1. The lowest BCUT2D eigenvalue weighted by molar-refractivity contribution is -0.139. The Kier molecular flexibility index (Phi) is 7.29. The number of aliphatic carboxylic acids is 1. The SMILES string of the molecule is CCN(CC(=O)O)C1CC(NC(=O)N(Cc2cccc(Cl)c2)C(C)C)C1. The maximum atomic E-state index is 12.7. The second-order valence-corrected chi connectivity index (χ2v) is 7.52. The summed E-state index contributed by atoms with van der Waals surface area (Å²) in [6.45, 7) is 7.18. The fourth-order valence-corrected chi connectivity index (χ4v) is 3.47. The lowest BCUT2D eigenvalue weighted by atomic mass is 9.85. The summed E-state index contributed by atoms with van der Waals surface area (Å²) in [5, 5.41) is 12.7. The number of benzene rings is 1. The van der Waals surface area contributed by atoms with Crippen molar-refractivity contribution >= 4 is 23.6 Å². The van der Waals surface area contributed by atoms with Crippen LogP contribution in [0.15, 0.2) is 24.3 Å². The summed E-state index contributed by atoms with van der Waals surface area (Å²) in [5.74, 6) is -0.813. The summed E-state index contributed by atoms with van der Waals surface area (Å²) in [6.07, 6.45) is 1.58. The van der Waals surface area contributed by atoms with Crippen LogP contribution in [0, 0.1) is 0 Å². The lowest BCUT2D eigenvalue weighted by Gasteiger charge is -2.43. The van der Waals surface area contributed by atoms with Crippen LogP contribution in [0.2, 0.25) is 5.02 Å². The van der Waals surface area contributed by atoms with Crippen molar-refractivity contribution in [2.45, 2.75) is 58.3 Å². The van der Waals surface area contributed by atoms with Crippen molar-refractivity contribution in [3.05, 3.63) is 34.9 Å². The lowest BCUT2D eigenvalue weighted by Crippen LogP contribution is -2.57. The van der Waals surface area contributed by atoms with Gasteiger partial charge in [-0.25, -0.2) is 4.79 Å². The van der Waals surface area contributed by atoms with Crippen LogP contribution in [0.25, 0.3) is 0 Å². The number of likely N-dealkylation sites (N-methyl/N-ethyl adjacent to an activating group) is 1. The van der Waals surface area contributed by atoms with Gasteiger partial charge in [0.2, 0.25) is 0 Å². The number of urea groups is 1. The van der Waals surface area contributed by atoms with Gasteiger partial charge in [-0.2, -0.15) is 0 Å². The number of hydrogen-bond acceptors (Lipinski definition) is 3. The van der Waals surface area contributed by atoms with Crippen LogP contribution in [0.3, 0.4) is 0 Å². The summed E-state index contributed by atoms with van der Waals surface area (Å²) in [5.41, 5.74) is 0.992. The van der Waals surface area contributed by atoms with E-state index in [1.165, 1.54) is 0 Å². The number of halogens is 1. The van der Waals surface area contributed by atoms with Crippen LogP contribution in [-0.2, 0) is 11.3 Å². The third-order valence-electron chi connectivity index (χ3n) is 4.83. The minimum Gasteiger partial charge on any atom is -0.480 e. The molecule has 1 aromatic rings. The van der Waals surface area contributed by atoms with E-state index in [2.05, 4.69) is 5.32 Å². The molecule has 0 aromatic heterocycles. The molecule has 1 aromatic carbocycles. The molecule has 0 atom stereocenters. The maximum Gasteiger partial charge on any atom is 0.318 e. The van der Waals surface area contributed by atoms with Gasteiger partial charge < -0.3 is 15.3 Å². The number of hydrogen-bond donors (Lipinski definition) is 2. The third kappa shape index (κ3) is 5.61. The molecule has 144 valence electrons. The molecule has 0 unspecified atom stereocenters. The molecular formula is C19H28ClN3O3. The molecule has 0 saturated heterocycles. The molecule has 0 aliphatic heterocycles. The largest absolute Gasteiger partial charge is 0.480 e. The average molecular weight is 382 g/mol. The van der Waals surface area contributed by atoms with E-state index < -0.39 is 5.97 Å². The zero-order valence-electron chi connectivity index (χ0n) is 15.6. The van der Waals surface area contributed by atoms with Gasteiger partial charge in [0.1, 0.15) is 0 Å². The van der Waals surface area contributed by atoms with Gasteiger partial charge in [-0.15, -0.1) is 0 Å². The fraction of sp³-hybridized carbons (Fsp3) is 0.579. The van der Waals surface area contributed by atoms with Crippen LogP contribution in [-0.4, -0.2) is 58.1 Å². The van der Waals surface area contributed by atoms with Crippen LogP contribution in [0.1, 0.15) is 39.2 Å². The van der Waals surface area contributed by atoms with Crippen molar-refractivity contribution in [1.82, 2.24) is 15.1 Å². The van der Waals surface area contributed by atoms with Crippen LogP contribution >= 0.6 is 11.6 Å². The van der Waals surface area contributed by atoms with Gasteiger partial charge in [0, 0.05) is 29.7 Å². The highest BCUT2D eigenvalue weighted by atomic mass is 35.5. The normalized spacial score (nSPS) is 19.3. The van der Waals surface area contributed by atoms with Gasteiger partial charge in [-0.3, -0.25) is 9.69 Å². The Balaban J connectivity index is 1.88. The van der Waals surface area contributed by atoms with E-state index in [1.807, 2.05) is 49.9 Å². The van der Waals surface area contributed by atoms with Gasteiger partial charge in [-0.05, 0) is 50.9 Å². The molecule has 1 saturated carbocycles. The predicted molar refractivity (Wildman–Crippen MR) is 102 cm³/mol. The van der Waals surface area contributed by atoms with Crippen molar-refractivity contribution < 1.29 is 14.7 Å². The fourth-order valence-electron chi connectivity index (χ4n) is 3.26. The Labute approximate surface area is 160 Å². The van der Waals surface area contributed by atoms with Crippen LogP contribution in [0.5, 0.6) is 0 Å². The highest BCUT2D eigenvalue weighted by molar-refractivity contribution is 6.30. The van der Waals surface area contributed by atoms with E-state index in [0.717, 1.165) is 18.4 Å². The Morgan fingerprint density at radius 1 is 1.35 bits per heavy atom. The number of carbonyl (C=O) groups excluding carboxylic acids is 1. The maximum absolute atomic E-state index is 12.7. The summed E-state index contributed by atoms with van der Waals surface area (Å²) < 4.78 is 0. The van der Waals surface area contributed by atoms with E-state index in [9.17, 15) is 9.59 Å². The molecule has 0 spiro atoms.